The number of piperidine rings is 1. The lowest BCUT2D eigenvalue weighted by Gasteiger charge is -2.32. The van der Waals surface area contributed by atoms with Gasteiger partial charge in [0.05, 0.1) is 19.8 Å². The molecule has 30 heavy (non-hydrogen) atoms. The Labute approximate surface area is 199 Å². The van der Waals surface area contributed by atoms with Crippen LogP contribution in [0.5, 0.6) is 0 Å². The van der Waals surface area contributed by atoms with E-state index in [-0.39, 0.29) is 24.0 Å². The Balaban J connectivity index is 0.00000320. The predicted octanol–water partition coefficient (Wildman–Crippen LogP) is 3.32. The van der Waals surface area contributed by atoms with Crippen molar-refractivity contribution < 1.29 is 4.74 Å². The largest absolute Gasteiger partial charge is 0.379 e. The van der Waals surface area contributed by atoms with Crippen LogP contribution in [-0.4, -0.2) is 69.4 Å². The molecular weight excluding hydrogens is 489 g/mol. The molecule has 0 amide bonds. The maximum Gasteiger partial charge on any atom is 0.191 e. The summed E-state index contributed by atoms with van der Waals surface area (Å²) in [6.45, 7) is 15.2. The van der Waals surface area contributed by atoms with Crippen molar-refractivity contribution in [1.82, 2.24) is 15.5 Å². The first kappa shape index (κ1) is 25.2. The summed E-state index contributed by atoms with van der Waals surface area (Å²) in [6.07, 6.45) is 2.60. The lowest BCUT2D eigenvalue weighted by atomic mass is 9.99. The van der Waals surface area contributed by atoms with E-state index in [0.717, 1.165) is 51.3 Å². The molecule has 2 heterocycles. The summed E-state index contributed by atoms with van der Waals surface area (Å²) in [7, 11) is 0. The van der Waals surface area contributed by atoms with Crippen LogP contribution in [0.25, 0.3) is 0 Å². The summed E-state index contributed by atoms with van der Waals surface area (Å²) in [5, 5.41) is 6.87. The summed E-state index contributed by atoms with van der Waals surface area (Å²) in [4.78, 5) is 9.77. The van der Waals surface area contributed by atoms with Crippen molar-refractivity contribution in [3.05, 3.63) is 29.8 Å². The molecule has 7 heteroatoms. The van der Waals surface area contributed by atoms with Gasteiger partial charge in [0, 0.05) is 51.0 Å². The number of anilines is 1. The van der Waals surface area contributed by atoms with Crippen LogP contribution in [0, 0.1) is 5.92 Å². The Bertz CT molecular complexity index is 625. The number of aliphatic imine (C=N–C) groups is 1. The van der Waals surface area contributed by atoms with Gasteiger partial charge in [-0.2, -0.15) is 0 Å². The standard InChI is InChI=1S/C23H39N5O.HI/c1-4-24-23(25-17-20(3)27-13-15-29-16-14-27)26-18-21-5-7-22(8-6-21)28-11-9-19(2)10-12-28;/h5-8,19-20H,4,9-18H2,1-3H3,(H2,24,25,26);1H. The van der Waals surface area contributed by atoms with Crippen LogP contribution >= 0.6 is 24.0 Å². The Hall–Kier alpha value is -1.06. The quantitative estimate of drug-likeness (QED) is 0.323. The fourth-order valence-corrected chi connectivity index (χ4v) is 3.98. The van der Waals surface area contributed by atoms with Crippen LogP contribution in [0.4, 0.5) is 5.69 Å². The van der Waals surface area contributed by atoms with Crippen LogP contribution in [0.2, 0.25) is 0 Å². The van der Waals surface area contributed by atoms with Gasteiger partial charge in [0.2, 0.25) is 0 Å². The highest BCUT2D eigenvalue weighted by molar-refractivity contribution is 14.0. The molecule has 2 fully saturated rings. The van der Waals surface area contributed by atoms with Gasteiger partial charge in [-0.15, -0.1) is 24.0 Å². The lowest BCUT2D eigenvalue weighted by molar-refractivity contribution is 0.0211. The zero-order valence-electron chi connectivity index (χ0n) is 18.9. The Morgan fingerprint density at radius 2 is 1.77 bits per heavy atom. The topological polar surface area (TPSA) is 52.1 Å². The zero-order valence-corrected chi connectivity index (χ0v) is 21.2. The highest BCUT2D eigenvalue weighted by Gasteiger charge is 2.17. The SMILES string of the molecule is CCNC(=NCc1ccc(N2CCC(C)CC2)cc1)NCC(C)N1CCOCC1.I. The van der Waals surface area contributed by atoms with Crippen molar-refractivity contribution in [2.45, 2.75) is 46.2 Å². The third-order valence-corrected chi connectivity index (χ3v) is 6.08. The number of morpholine rings is 1. The molecule has 2 saturated heterocycles. The number of hydrogen-bond acceptors (Lipinski definition) is 4. The maximum absolute atomic E-state index is 5.45. The molecule has 6 nitrogen and oxygen atoms in total. The Kier molecular flexibility index (Phi) is 11.2. The van der Waals surface area contributed by atoms with Gasteiger partial charge in [0.15, 0.2) is 5.96 Å². The summed E-state index contributed by atoms with van der Waals surface area (Å²) < 4.78 is 5.45. The summed E-state index contributed by atoms with van der Waals surface area (Å²) in [6, 6.07) is 9.41. The van der Waals surface area contributed by atoms with E-state index in [0.29, 0.717) is 12.6 Å². The molecule has 2 aliphatic heterocycles. The van der Waals surface area contributed by atoms with Gasteiger partial charge in [-0.1, -0.05) is 19.1 Å². The first-order valence-electron chi connectivity index (χ1n) is 11.3. The van der Waals surface area contributed by atoms with E-state index in [4.69, 9.17) is 9.73 Å². The molecule has 1 aromatic carbocycles. The normalized spacial score (nSPS) is 19.8. The number of benzene rings is 1. The fraction of sp³-hybridized carbons (Fsp3) is 0.696. The molecule has 0 radical (unpaired) electrons. The third kappa shape index (κ3) is 7.89. The van der Waals surface area contributed by atoms with E-state index in [9.17, 15) is 0 Å². The van der Waals surface area contributed by atoms with E-state index in [1.165, 1.54) is 37.2 Å². The minimum Gasteiger partial charge on any atom is -0.379 e. The average molecular weight is 530 g/mol. The minimum absolute atomic E-state index is 0. The predicted molar refractivity (Wildman–Crippen MR) is 137 cm³/mol. The van der Waals surface area contributed by atoms with Crippen LogP contribution < -0.4 is 15.5 Å². The summed E-state index contributed by atoms with van der Waals surface area (Å²) in [5.74, 6) is 1.75. The highest BCUT2D eigenvalue weighted by Crippen LogP contribution is 2.23. The Morgan fingerprint density at radius 1 is 1.10 bits per heavy atom. The van der Waals surface area contributed by atoms with Crippen LogP contribution in [0.1, 0.15) is 39.2 Å². The smallest absolute Gasteiger partial charge is 0.191 e. The molecule has 1 unspecified atom stereocenters. The van der Waals surface area contributed by atoms with Gasteiger partial charge >= 0.3 is 0 Å². The number of halogens is 1. The molecule has 2 aliphatic rings. The van der Waals surface area contributed by atoms with E-state index < -0.39 is 0 Å². The third-order valence-electron chi connectivity index (χ3n) is 6.08. The van der Waals surface area contributed by atoms with E-state index in [1.54, 1.807) is 0 Å². The van der Waals surface area contributed by atoms with Gasteiger partial charge in [-0.3, -0.25) is 4.90 Å². The monoisotopic (exact) mass is 529 g/mol. The number of rotatable bonds is 7. The molecule has 0 spiro atoms. The molecule has 1 atom stereocenters. The number of guanidine groups is 1. The number of hydrogen-bond donors (Lipinski definition) is 2. The summed E-state index contributed by atoms with van der Waals surface area (Å²) in [5.41, 5.74) is 2.59. The van der Waals surface area contributed by atoms with Crippen LogP contribution in [-0.2, 0) is 11.3 Å². The van der Waals surface area contributed by atoms with E-state index >= 15 is 0 Å². The lowest BCUT2D eigenvalue weighted by Crippen LogP contribution is -2.49. The van der Waals surface area contributed by atoms with Crippen molar-refractivity contribution in [3.63, 3.8) is 0 Å². The molecule has 1 aromatic rings. The van der Waals surface area contributed by atoms with Gasteiger partial charge in [-0.25, -0.2) is 4.99 Å². The molecule has 0 aliphatic carbocycles. The van der Waals surface area contributed by atoms with Crippen molar-refractivity contribution in [2.24, 2.45) is 10.9 Å². The molecular formula is C23H40IN5O. The van der Waals surface area contributed by atoms with Crippen molar-refractivity contribution >= 4 is 35.6 Å². The van der Waals surface area contributed by atoms with Crippen LogP contribution in [0.15, 0.2) is 29.3 Å². The molecule has 3 rings (SSSR count). The molecule has 0 saturated carbocycles. The number of ether oxygens (including phenoxy) is 1. The Morgan fingerprint density at radius 3 is 2.40 bits per heavy atom. The average Bonchev–Trinajstić information content (AvgIpc) is 2.77. The van der Waals surface area contributed by atoms with E-state index in [1.807, 2.05) is 0 Å². The first-order valence-corrected chi connectivity index (χ1v) is 11.3. The molecule has 0 bridgehead atoms. The molecule has 2 N–H and O–H groups in total. The van der Waals surface area contributed by atoms with Gasteiger partial charge in [0.1, 0.15) is 0 Å². The fourth-order valence-electron chi connectivity index (χ4n) is 3.98. The van der Waals surface area contributed by atoms with E-state index in [2.05, 4.69) is 65.5 Å². The van der Waals surface area contributed by atoms with Gasteiger partial charge in [-0.05, 0) is 50.3 Å². The zero-order chi connectivity index (χ0) is 20.5. The second-order valence-corrected chi connectivity index (χ2v) is 8.41. The van der Waals surface area contributed by atoms with Gasteiger partial charge in [0.25, 0.3) is 0 Å². The van der Waals surface area contributed by atoms with Gasteiger partial charge < -0.3 is 20.3 Å². The van der Waals surface area contributed by atoms with Crippen LogP contribution in [0.3, 0.4) is 0 Å². The first-order chi connectivity index (χ1) is 14.2. The number of nitrogens with one attached hydrogen (secondary N) is 2. The molecule has 170 valence electrons. The second kappa shape index (κ2) is 13.4. The summed E-state index contributed by atoms with van der Waals surface area (Å²) >= 11 is 0. The maximum atomic E-state index is 5.45. The van der Waals surface area contributed by atoms with Crippen molar-refractivity contribution in [2.75, 3.05) is 57.4 Å². The van der Waals surface area contributed by atoms with Crippen molar-refractivity contribution in [1.29, 1.82) is 0 Å². The number of nitrogens with zero attached hydrogens (tertiary/aromatic N) is 3. The second-order valence-electron chi connectivity index (χ2n) is 8.41. The van der Waals surface area contributed by atoms with Crippen molar-refractivity contribution in [3.8, 4) is 0 Å². The molecule has 0 aromatic heterocycles. The highest BCUT2D eigenvalue weighted by atomic mass is 127. The minimum atomic E-state index is 0.